The first-order chi connectivity index (χ1) is 24.5. The van der Waals surface area contributed by atoms with Crippen LogP contribution in [0.3, 0.4) is 0 Å². The van der Waals surface area contributed by atoms with Crippen LogP contribution in [0, 0.1) is 0 Å². The maximum atomic E-state index is 13.5. The van der Waals surface area contributed by atoms with Crippen molar-refractivity contribution in [3.63, 3.8) is 0 Å². The van der Waals surface area contributed by atoms with E-state index in [1.165, 1.54) is 13.8 Å². The van der Waals surface area contributed by atoms with Gasteiger partial charge in [0.2, 0.25) is 17.7 Å². The van der Waals surface area contributed by atoms with E-state index < -0.39 is 54.3 Å². The van der Waals surface area contributed by atoms with Crippen molar-refractivity contribution in [2.24, 2.45) is 5.73 Å². The van der Waals surface area contributed by atoms with Crippen molar-refractivity contribution < 1.29 is 33.5 Å². The Balaban J connectivity index is 1.36. The second kappa shape index (κ2) is 18.3. The quantitative estimate of drug-likeness (QED) is 0.116. The number of primary amides is 1. The topological polar surface area (TPSA) is 180 Å². The van der Waals surface area contributed by atoms with Gasteiger partial charge in [-0.25, -0.2) is 9.80 Å². The van der Waals surface area contributed by atoms with E-state index in [2.05, 4.69) is 16.1 Å². The van der Waals surface area contributed by atoms with E-state index in [4.69, 9.17) is 10.5 Å². The number of hydrogen-bond acceptors (Lipinski definition) is 7. The molecule has 0 aliphatic heterocycles. The largest absolute Gasteiger partial charge is 0.445 e. The smallest absolute Gasteiger partial charge is 0.408 e. The Morgan fingerprint density at radius 2 is 1.24 bits per heavy atom. The molecular formula is C38H40N6O7. The zero-order valence-corrected chi connectivity index (χ0v) is 28.3. The summed E-state index contributed by atoms with van der Waals surface area (Å²) < 4.78 is 5.12. The van der Waals surface area contributed by atoms with Crippen LogP contribution < -0.4 is 21.8 Å². The van der Waals surface area contributed by atoms with Gasteiger partial charge in [-0.3, -0.25) is 29.4 Å². The molecular weight excluding hydrogens is 652 g/mol. The van der Waals surface area contributed by atoms with Crippen LogP contribution in [0.2, 0.25) is 0 Å². The molecule has 0 aromatic heterocycles. The number of amides is 6. The number of hydrazine groups is 1. The van der Waals surface area contributed by atoms with Crippen LogP contribution in [-0.2, 0) is 48.4 Å². The zero-order valence-electron chi connectivity index (χ0n) is 28.3. The zero-order chi connectivity index (χ0) is 36.8. The van der Waals surface area contributed by atoms with E-state index in [1.807, 2.05) is 78.9 Å². The minimum absolute atomic E-state index is 0.000894. The predicted molar refractivity (Wildman–Crippen MR) is 190 cm³/mol. The Morgan fingerprint density at radius 1 is 0.667 bits per heavy atom. The summed E-state index contributed by atoms with van der Waals surface area (Å²) in [6.45, 7) is 2.53. The Morgan fingerprint density at radius 3 is 1.90 bits per heavy atom. The maximum Gasteiger partial charge on any atom is 0.408 e. The molecule has 4 rings (SSSR count). The summed E-state index contributed by atoms with van der Waals surface area (Å²) in [7, 11) is 0. The highest BCUT2D eigenvalue weighted by atomic mass is 16.5. The van der Waals surface area contributed by atoms with Crippen molar-refractivity contribution in [3.8, 4) is 0 Å². The number of rotatable bonds is 14. The number of nitrogens with two attached hydrogens (primary N) is 1. The molecule has 13 nitrogen and oxygen atoms in total. The van der Waals surface area contributed by atoms with Gasteiger partial charge >= 0.3 is 6.09 Å². The van der Waals surface area contributed by atoms with Crippen molar-refractivity contribution in [2.75, 3.05) is 6.54 Å². The van der Waals surface area contributed by atoms with Crippen LogP contribution in [0.25, 0.3) is 10.8 Å². The number of ether oxygens (including phenoxy) is 1. The van der Waals surface area contributed by atoms with E-state index in [-0.39, 0.29) is 19.7 Å². The van der Waals surface area contributed by atoms with Crippen LogP contribution in [-0.4, -0.2) is 64.2 Å². The third kappa shape index (κ3) is 11.9. The molecule has 0 radical (unpaired) electrons. The van der Waals surface area contributed by atoms with E-state index >= 15 is 0 Å². The first-order valence-electron chi connectivity index (χ1n) is 16.1. The first-order valence-corrected chi connectivity index (χ1v) is 16.1. The van der Waals surface area contributed by atoms with Gasteiger partial charge in [0, 0.05) is 25.2 Å². The molecule has 51 heavy (non-hydrogen) atoms. The van der Waals surface area contributed by atoms with Crippen LogP contribution >= 0.6 is 0 Å². The lowest BCUT2D eigenvalue weighted by molar-refractivity contribution is -0.142. The molecule has 0 aliphatic rings. The maximum absolute atomic E-state index is 13.5. The van der Waals surface area contributed by atoms with Gasteiger partial charge in [-0.15, -0.1) is 0 Å². The Bertz CT molecular complexity index is 1880. The fourth-order valence-corrected chi connectivity index (χ4v) is 4.88. The highest BCUT2D eigenvalue weighted by molar-refractivity contribution is 5.99. The van der Waals surface area contributed by atoms with Gasteiger partial charge < -0.3 is 26.0 Å². The number of fused-ring (bicyclic) bond motifs is 1. The highest BCUT2D eigenvalue weighted by Crippen LogP contribution is 2.18. The monoisotopic (exact) mass is 692 g/mol. The molecule has 0 saturated carbocycles. The van der Waals surface area contributed by atoms with Gasteiger partial charge in [-0.2, -0.15) is 0 Å². The van der Waals surface area contributed by atoms with Gasteiger partial charge in [0.05, 0.1) is 0 Å². The lowest BCUT2D eigenvalue weighted by Gasteiger charge is -2.24. The molecule has 0 bridgehead atoms. The Labute approximate surface area is 295 Å². The minimum Gasteiger partial charge on any atom is -0.445 e. The molecule has 6 amide bonds. The molecule has 13 heteroatoms. The summed E-state index contributed by atoms with van der Waals surface area (Å²) in [6.07, 6.45) is 1.15. The SMILES string of the molecule is C[C@H](NC(=O)OCc1ccccc1)C(=O)N[C@@H](C)C(=O)NN(CC(N)=O)C(=O)/C=C/C(=O)N(Cc1ccccc1)Cc1ccc2ccccc2c1. The number of benzene rings is 4. The first kappa shape index (κ1) is 37.3. The third-order valence-corrected chi connectivity index (χ3v) is 7.60. The molecule has 0 fully saturated rings. The third-order valence-electron chi connectivity index (χ3n) is 7.60. The molecule has 264 valence electrons. The molecule has 0 unspecified atom stereocenters. The van der Waals surface area contributed by atoms with Gasteiger partial charge in [-0.05, 0) is 47.4 Å². The number of hydrogen-bond donors (Lipinski definition) is 4. The van der Waals surface area contributed by atoms with E-state index in [1.54, 1.807) is 29.2 Å². The summed E-state index contributed by atoms with van der Waals surface area (Å²) in [5.74, 6) is -3.91. The molecule has 2 atom stereocenters. The second-order valence-electron chi connectivity index (χ2n) is 11.7. The second-order valence-corrected chi connectivity index (χ2v) is 11.7. The summed E-state index contributed by atoms with van der Waals surface area (Å²) in [6, 6.07) is 29.8. The van der Waals surface area contributed by atoms with Crippen molar-refractivity contribution in [1.29, 1.82) is 0 Å². The van der Waals surface area contributed by atoms with Crippen LogP contribution in [0.4, 0.5) is 4.79 Å². The summed E-state index contributed by atoms with van der Waals surface area (Å²) >= 11 is 0. The van der Waals surface area contributed by atoms with E-state index in [0.717, 1.165) is 39.6 Å². The molecule has 4 aromatic rings. The number of carbonyl (C=O) groups excluding carboxylic acids is 6. The average molecular weight is 693 g/mol. The van der Waals surface area contributed by atoms with Crippen molar-refractivity contribution in [1.82, 2.24) is 26.0 Å². The van der Waals surface area contributed by atoms with E-state index in [9.17, 15) is 28.8 Å². The van der Waals surface area contributed by atoms with Crippen molar-refractivity contribution in [3.05, 3.63) is 132 Å². The normalized spacial score (nSPS) is 12.0. The fraction of sp³-hybridized carbons (Fsp3) is 0.211. The molecule has 4 aromatic carbocycles. The lowest BCUT2D eigenvalue weighted by Crippen LogP contribution is -2.56. The van der Waals surface area contributed by atoms with Crippen LogP contribution in [0.1, 0.15) is 30.5 Å². The van der Waals surface area contributed by atoms with Crippen molar-refractivity contribution in [2.45, 2.75) is 45.6 Å². The molecule has 0 saturated heterocycles. The fourth-order valence-electron chi connectivity index (χ4n) is 4.88. The Kier molecular flexibility index (Phi) is 13.4. The standard InChI is InChI=1S/C38H40N6O7/c1-26(41-38(50)51-25-29-13-7-4-8-14-29)36(48)40-27(2)37(49)42-44(24-33(39)45)35(47)20-19-34(46)43(22-28-11-5-3-6-12-28)23-30-17-18-31-15-9-10-16-32(31)21-30/h3-21,26-27H,22-25H2,1-2H3,(H2,39,45)(H,40,48)(H,41,50)(H,42,49)/b20-19+/t26-,27-/m0/s1. The van der Waals surface area contributed by atoms with Crippen LogP contribution in [0.5, 0.6) is 0 Å². The molecule has 0 heterocycles. The lowest BCUT2D eigenvalue weighted by atomic mass is 10.1. The number of alkyl carbamates (subject to hydrolysis) is 1. The summed E-state index contributed by atoms with van der Waals surface area (Å²) in [4.78, 5) is 77.7. The molecule has 5 N–H and O–H groups in total. The number of nitrogens with one attached hydrogen (secondary N) is 3. The average Bonchev–Trinajstić information content (AvgIpc) is 3.12. The molecule has 0 aliphatic carbocycles. The minimum atomic E-state index is -1.21. The van der Waals surface area contributed by atoms with Gasteiger partial charge in [0.15, 0.2) is 0 Å². The Hall–Kier alpha value is -6.50. The summed E-state index contributed by atoms with van der Waals surface area (Å²) in [5.41, 5.74) is 10.1. The number of carbonyl (C=O) groups is 6. The van der Waals surface area contributed by atoms with Crippen LogP contribution in [0.15, 0.2) is 115 Å². The number of nitrogens with zero attached hydrogens (tertiary/aromatic N) is 2. The summed E-state index contributed by atoms with van der Waals surface area (Å²) in [5, 5.41) is 7.52. The van der Waals surface area contributed by atoms with Gasteiger partial charge in [0.25, 0.3) is 11.8 Å². The van der Waals surface area contributed by atoms with Gasteiger partial charge in [-0.1, -0.05) is 97.1 Å². The predicted octanol–water partition coefficient (Wildman–Crippen LogP) is 3.09. The van der Waals surface area contributed by atoms with E-state index in [0.29, 0.717) is 5.01 Å². The molecule has 0 spiro atoms. The van der Waals surface area contributed by atoms with Gasteiger partial charge in [0.1, 0.15) is 25.2 Å². The highest BCUT2D eigenvalue weighted by Gasteiger charge is 2.25. The van der Waals surface area contributed by atoms with Crippen molar-refractivity contribution >= 4 is 46.4 Å².